The average molecular weight is 818 g/mol. The maximum absolute atomic E-state index is 13.4. The normalized spacial score (nSPS) is 11.2. The first kappa shape index (κ1) is 50.5. The number of halogens is 3. The zero-order valence-corrected chi connectivity index (χ0v) is 36.7. The number of ketones is 1. The van der Waals surface area contributed by atoms with E-state index in [1.165, 1.54) is 122 Å². The van der Waals surface area contributed by atoms with Gasteiger partial charge >= 0.3 is 0 Å². The number of carbonyl (C=O) groups is 3. The summed E-state index contributed by atoms with van der Waals surface area (Å²) in [5.41, 5.74) is -0.442. The van der Waals surface area contributed by atoms with Crippen molar-refractivity contribution in [3.63, 3.8) is 0 Å². The number of hydrogen-bond donors (Lipinski definition) is 0. The van der Waals surface area contributed by atoms with Gasteiger partial charge < -0.3 is 14.2 Å². The molecule has 0 aliphatic carbocycles. The highest BCUT2D eigenvalue weighted by Gasteiger charge is 2.35. The van der Waals surface area contributed by atoms with Crippen molar-refractivity contribution in [3.8, 4) is 17.2 Å². The molecule has 0 saturated carbocycles. The van der Waals surface area contributed by atoms with E-state index in [0.717, 1.165) is 64.2 Å². The lowest BCUT2D eigenvalue weighted by atomic mass is 10.0. The maximum atomic E-state index is 13.4. The third kappa shape index (κ3) is 22.9. The number of Topliss-reactive ketones (excluding diaryl/α,β-unsaturated/α-hetero) is 1. The molecular formula is C45H75Cl3O6. The molecule has 1 rings (SSSR count). The van der Waals surface area contributed by atoms with Gasteiger partial charge in [-0.1, -0.05) is 206 Å². The van der Waals surface area contributed by atoms with Gasteiger partial charge in [0.15, 0.2) is 11.5 Å². The fraction of sp³-hybridized carbons (Fsp3) is 0.800. The largest absolute Gasteiger partial charge is 0.492 e. The molecule has 0 fully saturated rings. The Morgan fingerprint density at radius 3 is 0.926 bits per heavy atom. The van der Waals surface area contributed by atoms with Gasteiger partial charge in [0.05, 0.1) is 19.8 Å². The second-order valence-electron chi connectivity index (χ2n) is 15.0. The van der Waals surface area contributed by atoms with Crippen molar-refractivity contribution >= 4 is 51.1 Å². The highest BCUT2D eigenvalue weighted by molar-refractivity contribution is 6.83. The molecule has 0 aliphatic heterocycles. The molecule has 0 aliphatic rings. The maximum Gasteiger partial charge on any atom is 0.293 e. The molecule has 0 N–H and O–H groups in total. The molecular weight excluding hydrogens is 743 g/mol. The van der Waals surface area contributed by atoms with Gasteiger partial charge in [-0.25, -0.2) is 0 Å². The van der Waals surface area contributed by atoms with Crippen LogP contribution in [0.5, 0.6) is 17.2 Å². The summed E-state index contributed by atoms with van der Waals surface area (Å²) >= 11 is 18.8. The second-order valence-corrected chi connectivity index (χ2v) is 16.1. The van der Waals surface area contributed by atoms with Crippen LogP contribution in [-0.4, -0.2) is 36.1 Å². The topological polar surface area (TPSA) is 78.9 Å². The lowest BCUT2D eigenvalue weighted by Gasteiger charge is -2.22. The van der Waals surface area contributed by atoms with Crippen molar-refractivity contribution in [2.24, 2.45) is 0 Å². The fourth-order valence-corrected chi connectivity index (χ4v) is 7.41. The van der Waals surface area contributed by atoms with Crippen molar-refractivity contribution in [1.29, 1.82) is 0 Å². The van der Waals surface area contributed by atoms with Crippen molar-refractivity contribution in [2.75, 3.05) is 19.8 Å². The molecule has 9 heteroatoms. The van der Waals surface area contributed by atoms with Crippen LogP contribution in [0, 0.1) is 0 Å². The van der Waals surface area contributed by atoms with Crippen LogP contribution in [0.25, 0.3) is 0 Å². The number of rotatable bonds is 39. The molecule has 0 radical (unpaired) electrons. The lowest BCUT2D eigenvalue weighted by molar-refractivity contribution is -0.108. The summed E-state index contributed by atoms with van der Waals surface area (Å²) in [7, 11) is 0. The molecule has 0 aromatic heterocycles. The summed E-state index contributed by atoms with van der Waals surface area (Å²) in [6, 6.07) is 0. The Morgan fingerprint density at radius 2 is 0.648 bits per heavy atom. The van der Waals surface area contributed by atoms with Crippen LogP contribution in [0.15, 0.2) is 0 Å². The number of carbonyl (C=O) groups excluding carboxylic acids is 3. The Hall–Kier alpha value is -1.50. The van der Waals surface area contributed by atoms with Gasteiger partial charge in [0.25, 0.3) is 16.3 Å². The fourth-order valence-electron chi connectivity index (χ4n) is 6.84. The van der Waals surface area contributed by atoms with Crippen molar-refractivity contribution in [1.82, 2.24) is 0 Å². The van der Waals surface area contributed by atoms with E-state index >= 15 is 0 Å². The lowest BCUT2D eigenvalue weighted by Crippen LogP contribution is -2.17. The Bertz CT molecular complexity index is 1140. The van der Waals surface area contributed by atoms with Crippen LogP contribution in [0.1, 0.15) is 234 Å². The molecule has 0 saturated heterocycles. The highest BCUT2D eigenvalue weighted by atomic mass is 35.5. The molecule has 6 nitrogen and oxygen atoms in total. The smallest absolute Gasteiger partial charge is 0.293 e. The SMILES string of the molecule is CCCCCCCCCCCCOc1c(Cl)c(OCCCCCCCCCCCC)c(C(=O)C(=O)Cl)c(OCCCCCCCCCCCC)c1C(=O)Cl. The van der Waals surface area contributed by atoms with E-state index in [2.05, 4.69) is 20.8 Å². The molecule has 0 amide bonds. The number of hydrogen-bond acceptors (Lipinski definition) is 6. The quantitative estimate of drug-likeness (QED) is 0.0285. The zero-order chi connectivity index (χ0) is 39.7. The summed E-state index contributed by atoms with van der Waals surface area (Å²) in [5, 5.41) is -2.21. The number of benzene rings is 1. The Kier molecular flexibility index (Phi) is 32.5. The van der Waals surface area contributed by atoms with Gasteiger partial charge in [-0.05, 0) is 42.5 Å². The summed E-state index contributed by atoms with van der Waals surface area (Å²) in [6.45, 7) is 7.46. The highest BCUT2D eigenvalue weighted by Crippen LogP contribution is 2.48. The first-order chi connectivity index (χ1) is 26.3. The van der Waals surface area contributed by atoms with Crippen molar-refractivity contribution in [3.05, 3.63) is 16.1 Å². The number of ether oxygens (including phenoxy) is 3. The van der Waals surface area contributed by atoms with Gasteiger partial charge in [-0.15, -0.1) is 0 Å². The van der Waals surface area contributed by atoms with Gasteiger partial charge in [0.2, 0.25) is 0 Å². The monoisotopic (exact) mass is 816 g/mol. The van der Waals surface area contributed by atoms with Crippen LogP contribution in [0.3, 0.4) is 0 Å². The van der Waals surface area contributed by atoms with E-state index in [1.807, 2.05) is 0 Å². The van der Waals surface area contributed by atoms with Crippen molar-refractivity contribution < 1.29 is 28.6 Å². The first-order valence-electron chi connectivity index (χ1n) is 22.0. The van der Waals surface area contributed by atoms with E-state index in [9.17, 15) is 14.4 Å². The minimum atomic E-state index is -1.23. The van der Waals surface area contributed by atoms with E-state index in [-0.39, 0.29) is 46.6 Å². The molecule has 312 valence electrons. The van der Waals surface area contributed by atoms with Crippen LogP contribution in [-0.2, 0) is 4.79 Å². The molecule has 0 atom stereocenters. The Morgan fingerprint density at radius 1 is 0.389 bits per heavy atom. The van der Waals surface area contributed by atoms with E-state index in [4.69, 9.17) is 49.0 Å². The van der Waals surface area contributed by atoms with Gasteiger partial charge in [-0.2, -0.15) is 0 Å². The molecule has 54 heavy (non-hydrogen) atoms. The minimum Gasteiger partial charge on any atom is -0.492 e. The third-order valence-corrected chi connectivity index (χ3v) is 10.8. The predicted molar refractivity (Wildman–Crippen MR) is 229 cm³/mol. The predicted octanol–water partition coefficient (Wildman–Crippen LogP) is 15.6. The molecule has 1 aromatic rings. The summed E-state index contributed by atoms with van der Waals surface area (Å²) < 4.78 is 18.5. The van der Waals surface area contributed by atoms with E-state index in [0.29, 0.717) is 13.0 Å². The van der Waals surface area contributed by atoms with Gasteiger partial charge in [0.1, 0.15) is 21.9 Å². The summed E-state index contributed by atoms with van der Waals surface area (Å²) in [4.78, 5) is 38.8. The van der Waals surface area contributed by atoms with Crippen LogP contribution in [0.2, 0.25) is 5.02 Å². The van der Waals surface area contributed by atoms with E-state index in [1.54, 1.807) is 0 Å². The van der Waals surface area contributed by atoms with Crippen LogP contribution < -0.4 is 14.2 Å². The Labute approximate surface area is 344 Å². The van der Waals surface area contributed by atoms with Gasteiger partial charge in [-0.3, -0.25) is 14.4 Å². The van der Waals surface area contributed by atoms with Crippen LogP contribution in [0.4, 0.5) is 0 Å². The minimum absolute atomic E-state index is 0.0160. The van der Waals surface area contributed by atoms with E-state index < -0.39 is 16.3 Å². The second kappa shape index (κ2) is 34.7. The molecule has 1 aromatic carbocycles. The Balaban J connectivity index is 3.06. The summed E-state index contributed by atoms with van der Waals surface area (Å²) in [6.07, 6.45) is 34.7. The van der Waals surface area contributed by atoms with Crippen LogP contribution >= 0.6 is 34.8 Å². The first-order valence-corrected chi connectivity index (χ1v) is 23.2. The molecule has 0 spiro atoms. The van der Waals surface area contributed by atoms with Crippen molar-refractivity contribution in [2.45, 2.75) is 213 Å². The molecule has 0 heterocycles. The summed E-state index contributed by atoms with van der Waals surface area (Å²) in [5.74, 6) is -1.24. The average Bonchev–Trinajstić information content (AvgIpc) is 3.15. The zero-order valence-electron chi connectivity index (χ0n) is 34.4. The molecule has 0 bridgehead atoms. The van der Waals surface area contributed by atoms with Gasteiger partial charge in [0, 0.05) is 0 Å². The molecule has 0 unspecified atom stereocenters. The third-order valence-electron chi connectivity index (χ3n) is 10.1. The number of unbranched alkanes of at least 4 members (excludes halogenated alkanes) is 27. The standard InChI is InChI=1S/C45H75Cl3O6/c1-4-7-10-13-16-19-22-25-28-31-34-52-41-37(40(49)45(48)51)42(53-35-32-29-26-23-20-17-14-11-8-5-2)39(46)43(38(41)44(47)50)54-36-33-30-27-24-21-18-15-12-9-6-3/h4-36H2,1-3H3.